The van der Waals surface area contributed by atoms with Crippen molar-refractivity contribution in [2.45, 2.75) is 32.6 Å². The fraction of sp³-hybridized carbons (Fsp3) is 0.467. The summed E-state index contributed by atoms with van der Waals surface area (Å²) in [6.45, 7) is 4.13. The third kappa shape index (κ3) is 3.31. The summed E-state index contributed by atoms with van der Waals surface area (Å²) in [4.78, 5) is 2.12. The molecular formula is C15H21N. The van der Waals surface area contributed by atoms with E-state index in [-0.39, 0.29) is 0 Å². The third-order valence-electron chi connectivity index (χ3n) is 2.90. The van der Waals surface area contributed by atoms with Crippen LogP contribution in [0.1, 0.15) is 38.2 Å². The van der Waals surface area contributed by atoms with Gasteiger partial charge >= 0.3 is 0 Å². The maximum absolute atomic E-state index is 3.17. The van der Waals surface area contributed by atoms with Gasteiger partial charge in [0.05, 0.1) is 0 Å². The van der Waals surface area contributed by atoms with Crippen LogP contribution in [-0.4, -0.2) is 14.1 Å². The van der Waals surface area contributed by atoms with Gasteiger partial charge < -0.3 is 4.90 Å². The van der Waals surface area contributed by atoms with Gasteiger partial charge in [-0.15, -0.1) is 11.8 Å². The second-order valence-corrected chi connectivity index (χ2v) is 4.22. The fourth-order valence-electron chi connectivity index (χ4n) is 1.77. The quantitative estimate of drug-likeness (QED) is 0.693. The largest absolute Gasteiger partial charge is 0.378 e. The number of benzene rings is 1. The van der Waals surface area contributed by atoms with Gasteiger partial charge in [0.2, 0.25) is 0 Å². The van der Waals surface area contributed by atoms with Crippen molar-refractivity contribution >= 4 is 5.69 Å². The predicted octanol–water partition coefficient (Wildman–Crippen LogP) is 3.66. The maximum atomic E-state index is 3.17. The smallest absolute Gasteiger partial charge is 0.0361 e. The average Bonchev–Trinajstić information content (AvgIpc) is 2.30. The van der Waals surface area contributed by atoms with Crippen LogP contribution in [-0.2, 0) is 0 Å². The first-order valence-corrected chi connectivity index (χ1v) is 5.86. The van der Waals surface area contributed by atoms with Crippen LogP contribution in [0.5, 0.6) is 0 Å². The Balaban J connectivity index is 2.80. The Hall–Kier alpha value is -1.42. The Morgan fingerprint density at radius 3 is 2.25 bits per heavy atom. The van der Waals surface area contributed by atoms with Crippen LogP contribution in [0.4, 0.5) is 5.69 Å². The van der Waals surface area contributed by atoms with E-state index >= 15 is 0 Å². The molecule has 1 nitrogen and oxygen atoms in total. The normalized spacial score (nSPS) is 11.5. The summed E-state index contributed by atoms with van der Waals surface area (Å²) in [6.07, 6.45) is 2.12. The van der Waals surface area contributed by atoms with Gasteiger partial charge in [0.25, 0.3) is 0 Å². The highest BCUT2D eigenvalue weighted by molar-refractivity contribution is 5.46. The lowest BCUT2D eigenvalue weighted by atomic mass is 9.93. The van der Waals surface area contributed by atoms with Crippen molar-refractivity contribution in [3.8, 4) is 11.8 Å². The molecule has 0 aromatic heterocycles. The molecule has 0 radical (unpaired) electrons. The zero-order chi connectivity index (χ0) is 12.0. The molecule has 1 heteroatoms. The van der Waals surface area contributed by atoms with Crippen molar-refractivity contribution < 1.29 is 0 Å². The zero-order valence-electron chi connectivity index (χ0n) is 10.7. The molecular weight excluding hydrogens is 194 g/mol. The maximum Gasteiger partial charge on any atom is 0.0361 e. The van der Waals surface area contributed by atoms with E-state index in [9.17, 15) is 0 Å². The molecule has 1 aromatic carbocycles. The van der Waals surface area contributed by atoms with Crippen LogP contribution in [0.15, 0.2) is 24.3 Å². The van der Waals surface area contributed by atoms with Crippen molar-refractivity contribution in [1.29, 1.82) is 0 Å². The van der Waals surface area contributed by atoms with E-state index in [1.807, 2.05) is 6.92 Å². The van der Waals surface area contributed by atoms with E-state index in [1.165, 1.54) is 11.3 Å². The van der Waals surface area contributed by atoms with Crippen LogP contribution in [0.25, 0.3) is 0 Å². The van der Waals surface area contributed by atoms with Crippen molar-refractivity contribution in [1.82, 2.24) is 0 Å². The lowest BCUT2D eigenvalue weighted by Gasteiger charge is -2.16. The van der Waals surface area contributed by atoms with E-state index < -0.39 is 0 Å². The minimum Gasteiger partial charge on any atom is -0.378 e. The van der Waals surface area contributed by atoms with Crippen molar-refractivity contribution in [2.75, 3.05) is 19.0 Å². The van der Waals surface area contributed by atoms with Gasteiger partial charge in [0.1, 0.15) is 0 Å². The van der Waals surface area contributed by atoms with Crippen LogP contribution in [0.3, 0.4) is 0 Å². The molecule has 1 rings (SSSR count). The number of hydrogen-bond acceptors (Lipinski definition) is 1. The third-order valence-corrected chi connectivity index (χ3v) is 2.90. The highest BCUT2D eigenvalue weighted by atomic mass is 15.1. The summed E-state index contributed by atoms with van der Waals surface area (Å²) < 4.78 is 0. The highest BCUT2D eigenvalue weighted by Gasteiger charge is 2.07. The van der Waals surface area contributed by atoms with Crippen LogP contribution in [0, 0.1) is 11.8 Å². The molecule has 86 valence electrons. The lowest BCUT2D eigenvalue weighted by Crippen LogP contribution is -2.08. The summed E-state index contributed by atoms with van der Waals surface area (Å²) in [7, 11) is 4.13. The van der Waals surface area contributed by atoms with Crippen LogP contribution >= 0.6 is 0 Å². The number of hydrogen-bond donors (Lipinski definition) is 0. The van der Waals surface area contributed by atoms with E-state index in [0.29, 0.717) is 5.92 Å². The fourth-order valence-corrected chi connectivity index (χ4v) is 1.77. The summed E-state index contributed by atoms with van der Waals surface area (Å²) in [5.74, 6) is 6.72. The molecule has 1 aromatic rings. The van der Waals surface area contributed by atoms with Crippen molar-refractivity contribution in [2.24, 2.45) is 0 Å². The lowest BCUT2D eigenvalue weighted by molar-refractivity contribution is 0.684. The predicted molar refractivity (Wildman–Crippen MR) is 71.9 cm³/mol. The molecule has 0 aliphatic heterocycles. The molecule has 0 bridgehead atoms. The summed E-state index contributed by atoms with van der Waals surface area (Å²) in [5, 5.41) is 0. The summed E-state index contributed by atoms with van der Waals surface area (Å²) in [5.41, 5.74) is 2.65. The second-order valence-electron chi connectivity index (χ2n) is 4.22. The standard InChI is InChI=1S/C15H21N/c1-5-7-8-13(6-2)14-9-11-15(12-10-14)16(3)4/h9-13H,6,8H2,1-4H3. The van der Waals surface area contributed by atoms with Gasteiger partial charge in [-0.1, -0.05) is 19.1 Å². The topological polar surface area (TPSA) is 3.24 Å². The molecule has 0 aliphatic rings. The van der Waals surface area contributed by atoms with Gasteiger partial charge in [-0.3, -0.25) is 0 Å². The van der Waals surface area contributed by atoms with Gasteiger partial charge in [-0.25, -0.2) is 0 Å². The molecule has 0 saturated carbocycles. The Morgan fingerprint density at radius 1 is 1.19 bits per heavy atom. The Labute approximate surface area is 99.5 Å². The average molecular weight is 215 g/mol. The van der Waals surface area contributed by atoms with Gasteiger partial charge in [-0.05, 0) is 37.0 Å². The molecule has 0 saturated heterocycles. The minimum absolute atomic E-state index is 0.573. The van der Waals surface area contributed by atoms with Crippen molar-refractivity contribution in [3.63, 3.8) is 0 Å². The van der Waals surface area contributed by atoms with E-state index in [0.717, 1.165) is 12.8 Å². The molecule has 0 N–H and O–H groups in total. The first kappa shape index (κ1) is 12.6. The molecule has 16 heavy (non-hydrogen) atoms. The number of anilines is 1. The van der Waals surface area contributed by atoms with E-state index in [2.05, 4.69) is 62.0 Å². The Kier molecular flexibility index (Phi) is 4.92. The number of rotatable bonds is 4. The van der Waals surface area contributed by atoms with Crippen molar-refractivity contribution in [3.05, 3.63) is 29.8 Å². The van der Waals surface area contributed by atoms with Crippen LogP contribution in [0.2, 0.25) is 0 Å². The van der Waals surface area contributed by atoms with Gasteiger partial charge in [-0.2, -0.15) is 0 Å². The molecule has 1 atom stereocenters. The first-order chi connectivity index (χ1) is 7.69. The van der Waals surface area contributed by atoms with Gasteiger partial charge in [0, 0.05) is 26.2 Å². The molecule has 0 amide bonds. The SMILES string of the molecule is CC#CCC(CC)c1ccc(N(C)C)cc1. The molecule has 0 spiro atoms. The molecule has 0 fully saturated rings. The first-order valence-electron chi connectivity index (χ1n) is 5.86. The van der Waals surface area contributed by atoms with Gasteiger partial charge in [0.15, 0.2) is 0 Å². The van der Waals surface area contributed by atoms with E-state index in [4.69, 9.17) is 0 Å². The Bertz CT molecular complexity index is 365. The highest BCUT2D eigenvalue weighted by Crippen LogP contribution is 2.24. The second kappa shape index (κ2) is 6.23. The number of nitrogens with zero attached hydrogens (tertiary/aromatic N) is 1. The molecule has 1 unspecified atom stereocenters. The zero-order valence-corrected chi connectivity index (χ0v) is 10.7. The summed E-state index contributed by atoms with van der Waals surface area (Å²) >= 11 is 0. The Morgan fingerprint density at radius 2 is 1.81 bits per heavy atom. The summed E-state index contributed by atoms with van der Waals surface area (Å²) in [6, 6.07) is 8.80. The minimum atomic E-state index is 0.573. The molecule has 0 heterocycles. The molecule has 0 aliphatic carbocycles. The van der Waals surface area contributed by atoms with E-state index in [1.54, 1.807) is 0 Å². The van der Waals surface area contributed by atoms with Crippen LogP contribution < -0.4 is 4.90 Å². The monoisotopic (exact) mass is 215 g/mol.